The fourth-order valence-electron chi connectivity index (χ4n) is 2.24. The molecule has 0 aromatic heterocycles. The van der Waals surface area contributed by atoms with E-state index < -0.39 is 0 Å². The van der Waals surface area contributed by atoms with Crippen LogP contribution in [0.2, 0.25) is 0 Å². The Morgan fingerprint density at radius 2 is 1.86 bits per heavy atom. The molecule has 0 spiro atoms. The average molecular weight is 281 g/mol. The zero-order valence-electron chi connectivity index (χ0n) is 12.6. The highest BCUT2D eigenvalue weighted by atomic mass is 16.5. The molecular weight excluding hydrogens is 262 g/mol. The first kappa shape index (κ1) is 14.9. The van der Waals surface area contributed by atoms with Crippen LogP contribution >= 0.6 is 0 Å². The first-order valence-electron chi connectivity index (χ1n) is 6.75. The molecule has 1 amide bonds. The van der Waals surface area contributed by atoms with Crippen molar-refractivity contribution in [2.45, 2.75) is 13.8 Å². The summed E-state index contributed by atoms with van der Waals surface area (Å²) in [5.74, 6) is 0.554. The second-order valence-electron chi connectivity index (χ2n) is 4.88. The molecule has 0 aliphatic carbocycles. The van der Waals surface area contributed by atoms with Crippen molar-refractivity contribution in [3.63, 3.8) is 0 Å². The summed E-state index contributed by atoms with van der Waals surface area (Å²) in [6, 6.07) is 11.2. The molecule has 0 bridgehead atoms. The van der Waals surface area contributed by atoms with Crippen LogP contribution in [0, 0.1) is 13.8 Å². The molecule has 0 unspecified atom stereocenters. The molecule has 0 radical (unpaired) electrons. The summed E-state index contributed by atoms with van der Waals surface area (Å²) in [6.07, 6.45) is 1.65. The number of hydrogen-bond acceptors (Lipinski definition) is 2. The van der Waals surface area contributed by atoms with Crippen LogP contribution in [0.3, 0.4) is 0 Å². The zero-order chi connectivity index (χ0) is 15.4. The van der Waals surface area contributed by atoms with Crippen molar-refractivity contribution < 1.29 is 9.53 Å². The van der Waals surface area contributed by atoms with E-state index in [4.69, 9.17) is 4.74 Å². The number of carbonyl (C=O) groups excluding carboxylic acids is 1. The second kappa shape index (κ2) is 6.27. The predicted octanol–water partition coefficient (Wildman–Crippen LogP) is 4.21. The van der Waals surface area contributed by atoms with Crippen LogP contribution in [0.15, 0.2) is 43.0 Å². The molecule has 0 aliphatic rings. The highest BCUT2D eigenvalue weighted by Crippen LogP contribution is 2.23. The maximum Gasteiger partial charge on any atom is 0.256 e. The molecule has 2 aromatic rings. The molecule has 0 fully saturated rings. The lowest BCUT2D eigenvalue weighted by Crippen LogP contribution is -2.15. The van der Waals surface area contributed by atoms with Gasteiger partial charge in [-0.05, 0) is 48.7 Å². The van der Waals surface area contributed by atoms with Gasteiger partial charge in [-0.15, -0.1) is 0 Å². The monoisotopic (exact) mass is 281 g/mol. The second-order valence-corrected chi connectivity index (χ2v) is 4.88. The summed E-state index contributed by atoms with van der Waals surface area (Å²) in [6.45, 7) is 7.71. The minimum Gasteiger partial charge on any atom is -0.497 e. The van der Waals surface area contributed by atoms with E-state index in [0.717, 1.165) is 22.4 Å². The average Bonchev–Trinajstić information content (AvgIpc) is 2.50. The van der Waals surface area contributed by atoms with Crippen LogP contribution in [0.1, 0.15) is 27.0 Å². The number of anilines is 1. The van der Waals surface area contributed by atoms with Crippen molar-refractivity contribution >= 4 is 17.7 Å². The van der Waals surface area contributed by atoms with Crippen LogP contribution in [0.5, 0.6) is 5.75 Å². The SMILES string of the molecule is C=Cc1cc(OC)ccc1C(=O)Nc1c(C)cccc1C. The molecule has 3 heteroatoms. The summed E-state index contributed by atoms with van der Waals surface area (Å²) in [5.41, 5.74) is 4.26. The molecule has 1 N–H and O–H groups in total. The first-order chi connectivity index (χ1) is 10.1. The first-order valence-corrected chi connectivity index (χ1v) is 6.75. The fraction of sp³-hybridized carbons (Fsp3) is 0.167. The Kier molecular flexibility index (Phi) is 4.43. The predicted molar refractivity (Wildman–Crippen MR) is 87.0 cm³/mol. The van der Waals surface area contributed by atoms with E-state index in [9.17, 15) is 4.79 Å². The van der Waals surface area contributed by atoms with Gasteiger partial charge in [0.15, 0.2) is 0 Å². The van der Waals surface area contributed by atoms with E-state index in [1.165, 1.54) is 0 Å². The van der Waals surface area contributed by atoms with Crippen LogP contribution in [-0.2, 0) is 0 Å². The number of ether oxygens (including phenoxy) is 1. The molecule has 0 heterocycles. The van der Waals surface area contributed by atoms with Gasteiger partial charge < -0.3 is 10.1 Å². The normalized spacial score (nSPS) is 10.0. The molecule has 108 valence electrons. The Bertz CT molecular complexity index is 669. The van der Waals surface area contributed by atoms with Crippen molar-refractivity contribution in [1.29, 1.82) is 0 Å². The van der Waals surface area contributed by atoms with Gasteiger partial charge in [-0.1, -0.05) is 30.9 Å². The van der Waals surface area contributed by atoms with Gasteiger partial charge >= 0.3 is 0 Å². The van der Waals surface area contributed by atoms with E-state index in [2.05, 4.69) is 11.9 Å². The third kappa shape index (κ3) is 3.14. The minimum atomic E-state index is -0.148. The number of nitrogens with one attached hydrogen (secondary N) is 1. The number of hydrogen-bond donors (Lipinski definition) is 1. The Morgan fingerprint density at radius 1 is 1.19 bits per heavy atom. The van der Waals surface area contributed by atoms with Crippen LogP contribution in [-0.4, -0.2) is 13.0 Å². The minimum absolute atomic E-state index is 0.148. The Morgan fingerprint density at radius 3 is 2.43 bits per heavy atom. The standard InChI is InChI=1S/C18H19NO2/c1-5-14-11-15(21-4)9-10-16(14)18(20)19-17-12(2)7-6-8-13(17)3/h5-11H,1H2,2-4H3,(H,19,20). The third-order valence-corrected chi connectivity index (χ3v) is 3.44. The molecule has 21 heavy (non-hydrogen) atoms. The smallest absolute Gasteiger partial charge is 0.256 e. The van der Waals surface area contributed by atoms with Gasteiger partial charge in [0.1, 0.15) is 5.75 Å². The van der Waals surface area contributed by atoms with Crippen molar-refractivity contribution in [3.8, 4) is 5.75 Å². The lowest BCUT2D eigenvalue weighted by atomic mass is 10.0. The Hall–Kier alpha value is -2.55. The third-order valence-electron chi connectivity index (χ3n) is 3.44. The number of amides is 1. The molecule has 0 saturated carbocycles. The number of carbonyl (C=O) groups is 1. The van der Waals surface area contributed by atoms with Crippen LogP contribution < -0.4 is 10.1 Å². The van der Waals surface area contributed by atoms with Gasteiger partial charge in [0, 0.05) is 11.3 Å². The largest absolute Gasteiger partial charge is 0.497 e. The van der Waals surface area contributed by atoms with Crippen LogP contribution in [0.25, 0.3) is 6.08 Å². The molecule has 3 nitrogen and oxygen atoms in total. The fourth-order valence-corrected chi connectivity index (χ4v) is 2.24. The lowest BCUT2D eigenvalue weighted by molar-refractivity contribution is 0.102. The Labute approximate surface area is 125 Å². The summed E-state index contributed by atoms with van der Waals surface area (Å²) < 4.78 is 5.17. The number of para-hydroxylation sites is 1. The van der Waals surface area contributed by atoms with E-state index in [0.29, 0.717) is 11.3 Å². The number of rotatable bonds is 4. The van der Waals surface area contributed by atoms with Gasteiger partial charge in [0.2, 0.25) is 0 Å². The molecule has 0 aliphatic heterocycles. The molecule has 2 aromatic carbocycles. The number of aryl methyl sites for hydroxylation is 2. The summed E-state index contributed by atoms with van der Waals surface area (Å²) in [7, 11) is 1.60. The Balaban J connectivity index is 2.35. The number of benzene rings is 2. The van der Waals surface area contributed by atoms with Crippen molar-refractivity contribution in [2.75, 3.05) is 12.4 Å². The van der Waals surface area contributed by atoms with Gasteiger partial charge in [-0.2, -0.15) is 0 Å². The van der Waals surface area contributed by atoms with Crippen LogP contribution in [0.4, 0.5) is 5.69 Å². The summed E-state index contributed by atoms with van der Waals surface area (Å²) >= 11 is 0. The van der Waals surface area contributed by atoms with Gasteiger partial charge in [0.25, 0.3) is 5.91 Å². The highest BCUT2D eigenvalue weighted by Gasteiger charge is 2.13. The quantitative estimate of drug-likeness (QED) is 0.911. The van der Waals surface area contributed by atoms with E-state index in [1.807, 2.05) is 32.0 Å². The van der Waals surface area contributed by atoms with E-state index in [-0.39, 0.29) is 5.91 Å². The molecule has 0 atom stereocenters. The van der Waals surface area contributed by atoms with E-state index >= 15 is 0 Å². The van der Waals surface area contributed by atoms with Gasteiger partial charge in [0.05, 0.1) is 7.11 Å². The molecule has 0 saturated heterocycles. The number of methoxy groups -OCH3 is 1. The summed E-state index contributed by atoms with van der Waals surface area (Å²) in [4.78, 5) is 12.5. The zero-order valence-corrected chi connectivity index (χ0v) is 12.6. The maximum absolute atomic E-state index is 12.5. The molecule has 2 rings (SSSR count). The maximum atomic E-state index is 12.5. The lowest BCUT2D eigenvalue weighted by Gasteiger charge is -2.13. The topological polar surface area (TPSA) is 38.3 Å². The summed E-state index contributed by atoms with van der Waals surface area (Å²) in [5, 5.41) is 2.98. The van der Waals surface area contributed by atoms with Crippen molar-refractivity contribution in [2.24, 2.45) is 0 Å². The van der Waals surface area contributed by atoms with Crippen molar-refractivity contribution in [3.05, 3.63) is 65.2 Å². The highest BCUT2D eigenvalue weighted by molar-refractivity contribution is 6.07. The van der Waals surface area contributed by atoms with E-state index in [1.54, 1.807) is 31.4 Å². The molecular formula is C18H19NO2. The van der Waals surface area contributed by atoms with Crippen molar-refractivity contribution in [1.82, 2.24) is 0 Å². The van der Waals surface area contributed by atoms with Gasteiger partial charge in [-0.25, -0.2) is 0 Å². The van der Waals surface area contributed by atoms with Gasteiger partial charge in [-0.3, -0.25) is 4.79 Å².